The second-order valence-electron chi connectivity index (χ2n) is 5.82. The van der Waals surface area contributed by atoms with Crippen LogP contribution in [-0.2, 0) is 14.8 Å². The number of hydrogen-bond donors (Lipinski definition) is 1. The highest BCUT2D eigenvalue weighted by Crippen LogP contribution is 2.56. The number of carbonyl (C=O) groups excluding carboxylic acids is 1. The molecule has 1 N–H and O–H groups in total. The van der Waals surface area contributed by atoms with Crippen LogP contribution in [0, 0.1) is 5.92 Å². The fourth-order valence-electron chi connectivity index (χ4n) is 3.13. The number of rotatable bonds is 4. The molecule has 1 heterocycles. The van der Waals surface area contributed by atoms with Crippen molar-refractivity contribution in [3.8, 4) is 5.75 Å². The average Bonchev–Trinajstić information content (AvgIpc) is 3.23. The molecule has 0 aromatic heterocycles. The lowest BCUT2D eigenvalue weighted by Crippen LogP contribution is -2.50. The molecule has 2 atom stereocenters. The van der Waals surface area contributed by atoms with E-state index >= 15 is 0 Å². The average molecular weight is 324 g/mol. The van der Waals surface area contributed by atoms with Gasteiger partial charge < -0.3 is 10.1 Å². The van der Waals surface area contributed by atoms with E-state index in [1.807, 2.05) is 6.92 Å². The lowest BCUT2D eigenvalue weighted by molar-refractivity contribution is -0.117. The van der Waals surface area contributed by atoms with Gasteiger partial charge in [-0.05, 0) is 49.9 Å². The van der Waals surface area contributed by atoms with Gasteiger partial charge in [-0.3, -0.25) is 4.79 Å². The van der Waals surface area contributed by atoms with Crippen molar-refractivity contribution in [2.24, 2.45) is 5.92 Å². The summed E-state index contributed by atoms with van der Waals surface area (Å²) in [6, 6.07) is 6.94. The van der Waals surface area contributed by atoms with Crippen LogP contribution < -0.4 is 10.1 Å². The zero-order valence-electron chi connectivity index (χ0n) is 12.7. The molecule has 2 fully saturated rings. The van der Waals surface area contributed by atoms with Crippen LogP contribution in [0.5, 0.6) is 5.75 Å². The first kappa shape index (κ1) is 15.3. The van der Waals surface area contributed by atoms with Crippen molar-refractivity contribution in [3.63, 3.8) is 0 Å². The quantitative estimate of drug-likeness (QED) is 0.909. The topological polar surface area (TPSA) is 75.7 Å². The summed E-state index contributed by atoms with van der Waals surface area (Å²) in [6.45, 7) is 2.96. The van der Waals surface area contributed by atoms with Crippen molar-refractivity contribution >= 4 is 21.6 Å². The molecule has 1 saturated carbocycles. The Morgan fingerprint density at radius 1 is 1.41 bits per heavy atom. The summed E-state index contributed by atoms with van der Waals surface area (Å²) in [5.41, 5.74) is 0.580. The largest absolute Gasteiger partial charge is 0.494 e. The fraction of sp³-hybridized carbons (Fsp3) is 0.533. The van der Waals surface area contributed by atoms with Crippen molar-refractivity contribution in [2.45, 2.75) is 24.5 Å². The number of nitrogens with zero attached hydrogens (tertiary/aromatic N) is 1. The standard InChI is InChI=1S/C15H20N2O4S/c1-3-21-13-6-4-12(5-7-13)16-14(18)15-10-11(15)8-9-17(2)22(15,19)20/h4-7,11H,3,8-10H2,1-2H3,(H,16,18)/t11-,15-/m1/s1. The number of benzene rings is 1. The van der Waals surface area contributed by atoms with E-state index in [1.54, 1.807) is 24.3 Å². The van der Waals surface area contributed by atoms with Crippen LogP contribution in [0.1, 0.15) is 19.8 Å². The van der Waals surface area contributed by atoms with Gasteiger partial charge in [0.1, 0.15) is 5.75 Å². The molecule has 0 bridgehead atoms. The van der Waals surface area contributed by atoms with Gasteiger partial charge in [-0.1, -0.05) is 0 Å². The van der Waals surface area contributed by atoms with E-state index in [4.69, 9.17) is 4.74 Å². The minimum atomic E-state index is -3.57. The SMILES string of the molecule is CCOc1ccc(NC(=O)[C@@]23C[C@H]2CCN(C)S3(=O)=O)cc1. The van der Waals surface area contributed by atoms with Gasteiger partial charge >= 0.3 is 0 Å². The van der Waals surface area contributed by atoms with Crippen LogP contribution in [0.2, 0.25) is 0 Å². The van der Waals surface area contributed by atoms with Gasteiger partial charge in [-0.15, -0.1) is 0 Å². The molecule has 1 aromatic rings. The predicted octanol–water partition coefficient (Wildman–Crippen LogP) is 1.45. The van der Waals surface area contributed by atoms with E-state index in [0.29, 0.717) is 31.0 Å². The van der Waals surface area contributed by atoms with Crippen molar-refractivity contribution in [2.75, 3.05) is 25.5 Å². The van der Waals surface area contributed by atoms with E-state index < -0.39 is 20.7 Å². The molecule has 1 aliphatic heterocycles. The van der Waals surface area contributed by atoms with Crippen LogP contribution in [-0.4, -0.2) is 43.6 Å². The van der Waals surface area contributed by atoms with Crippen LogP contribution in [0.25, 0.3) is 0 Å². The molecule has 1 aliphatic carbocycles. The lowest BCUT2D eigenvalue weighted by Gasteiger charge is -2.28. The van der Waals surface area contributed by atoms with Crippen molar-refractivity contribution < 1.29 is 17.9 Å². The van der Waals surface area contributed by atoms with E-state index in [-0.39, 0.29) is 5.92 Å². The molecule has 120 valence electrons. The molecule has 22 heavy (non-hydrogen) atoms. The molecule has 2 aliphatic rings. The summed E-state index contributed by atoms with van der Waals surface area (Å²) in [7, 11) is -2.03. The fourth-order valence-corrected chi connectivity index (χ4v) is 5.27. The highest BCUT2D eigenvalue weighted by Gasteiger charge is 2.71. The summed E-state index contributed by atoms with van der Waals surface area (Å²) in [5, 5.41) is 2.74. The molecule has 7 heteroatoms. The molecular weight excluding hydrogens is 304 g/mol. The maximum Gasteiger partial charge on any atom is 0.247 e. The van der Waals surface area contributed by atoms with E-state index in [2.05, 4.69) is 5.32 Å². The number of ether oxygens (including phenoxy) is 1. The Bertz CT molecular complexity index is 686. The second-order valence-corrected chi connectivity index (χ2v) is 8.12. The number of fused-ring (bicyclic) bond motifs is 1. The Labute approximate surface area is 130 Å². The third kappa shape index (κ3) is 2.19. The monoisotopic (exact) mass is 324 g/mol. The summed E-state index contributed by atoms with van der Waals surface area (Å²) in [6.07, 6.45) is 1.16. The third-order valence-corrected chi connectivity index (χ3v) is 7.13. The van der Waals surface area contributed by atoms with Gasteiger partial charge in [0.25, 0.3) is 0 Å². The summed E-state index contributed by atoms with van der Waals surface area (Å²) >= 11 is 0. The van der Waals surface area contributed by atoms with Gasteiger partial charge in [-0.2, -0.15) is 0 Å². The molecule has 0 spiro atoms. The molecule has 1 amide bonds. The molecular formula is C15H20N2O4S. The van der Waals surface area contributed by atoms with E-state index in [1.165, 1.54) is 11.4 Å². The van der Waals surface area contributed by atoms with Crippen molar-refractivity contribution in [1.29, 1.82) is 0 Å². The minimum Gasteiger partial charge on any atom is -0.494 e. The molecule has 3 rings (SSSR count). The maximum atomic E-state index is 12.6. The van der Waals surface area contributed by atoms with Crippen molar-refractivity contribution in [1.82, 2.24) is 4.31 Å². The van der Waals surface area contributed by atoms with Gasteiger partial charge in [-0.25, -0.2) is 12.7 Å². The number of amides is 1. The van der Waals surface area contributed by atoms with Crippen LogP contribution in [0.15, 0.2) is 24.3 Å². The predicted molar refractivity (Wildman–Crippen MR) is 83.2 cm³/mol. The Hall–Kier alpha value is -1.60. The first-order valence-electron chi connectivity index (χ1n) is 7.42. The summed E-state index contributed by atoms with van der Waals surface area (Å²) < 4.78 is 30.4. The second kappa shape index (κ2) is 5.24. The van der Waals surface area contributed by atoms with Crippen molar-refractivity contribution in [3.05, 3.63) is 24.3 Å². The Kier molecular flexibility index (Phi) is 3.65. The zero-order valence-corrected chi connectivity index (χ0v) is 13.5. The Morgan fingerprint density at radius 2 is 2.09 bits per heavy atom. The number of hydrogen-bond acceptors (Lipinski definition) is 4. The van der Waals surface area contributed by atoms with Gasteiger partial charge in [0, 0.05) is 19.3 Å². The number of anilines is 1. The van der Waals surface area contributed by atoms with E-state index in [0.717, 1.165) is 6.42 Å². The first-order valence-corrected chi connectivity index (χ1v) is 8.86. The minimum absolute atomic E-state index is 0.0589. The summed E-state index contributed by atoms with van der Waals surface area (Å²) in [5.74, 6) is 0.234. The van der Waals surface area contributed by atoms with E-state index in [9.17, 15) is 13.2 Å². The highest BCUT2D eigenvalue weighted by atomic mass is 32.2. The van der Waals surface area contributed by atoms with Crippen LogP contribution in [0.3, 0.4) is 0 Å². The maximum absolute atomic E-state index is 12.6. The smallest absolute Gasteiger partial charge is 0.247 e. The van der Waals surface area contributed by atoms with Gasteiger partial charge in [0.05, 0.1) is 6.61 Å². The lowest BCUT2D eigenvalue weighted by atomic mass is 10.2. The zero-order chi connectivity index (χ0) is 16.0. The number of nitrogens with one attached hydrogen (secondary N) is 1. The Morgan fingerprint density at radius 3 is 2.73 bits per heavy atom. The highest BCUT2D eigenvalue weighted by molar-refractivity contribution is 7.91. The molecule has 0 unspecified atom stereocenters. The molecule has 1 saturated heterocycles. The van der Waals surface area contributed by atoms with Crippen LogP contribution in [0.4, 0.5) is 5.69 Å². The first-order chi connectivity index (χ1) is 10.4. The molecule has 0 radical (unpaired) electrons. The molecule has 6 nitrogen and oxygen atoms in total. The van der Waals surface area contributed by atoms with Crippen LogP contribution >= 0.6 is 0 Å². The van der Waals surface area contributed by atoms with Gasteiger partial charge in [0.2, 0.25) is 15.9 Å². The van der Waals surface area contributed by atoms with Gasteiger partial charge in [0.15, 0.2) is 4.75 Å². The molecule has 1 aromatic carbocycles. The Balaban J connectivity index is 1.77. The number of sulfonamides is 1. The normalized spacial score (nSPS) is 29.5. The summed E-state index contributed by atoms with van der Waals surface area (Å²) in [4.78, 5) is 12.6. The third-order valence-electron chi connectivity index (χ3n) is 4.52. The number of carbonyl (C=O) groups is 1.